The number of halogens is 1. The van der Waals surface area contributed by atoms with E-state index in [0.29, 0.717) is 19.1 Å². The number of nitro groups is 1. The van der Waals surface area contributed by atoms with Gasteiger partial charge >= 0.3 is 0 Å². The molecule has 0 spiro atoms. The first kappa shape index (κ1) is 15.9. The van der Waals surface area contributed by atoms with Gasteiger partial charge in [-0.1, -0.05) is 31.5 Å². The Morgan fingerprint density at radius 1 is 1.47 bits per heavy atom. The number of benzene rings is 1. The Morgan fingerprint density at radius 2 is 2.16 bits per heavy atom. The van der Waals surface area contributed by atoms with Crippen molar-refractivity contribution >= 4 is 17.3 Å². The molecule has 19 heavy (non-hydrogen) atoms. The second kappa shape index (κ2) is 7.43. The van der Waals surface area contributed by atoms with Crippen LogP contribution in [-0.2, 0) is 11.3 Å². The van der Waals surface area contributed by atoms with Crippen LogP contribution in [0.2, 0.25) is 5.02 Å². The lowest BCUT2D eigenvalue weighted by molar-refractivity contribution is -0.384. The molecular weight excluding hydrogens is 268 g/mol. The van der Waals surface area contributed by atoms with Gasteiger partial charge in [0.05, 0.1) is 11.5 Å². The fourth-order valence-electron chi connectivity index (χ4n) is 1.72. The largest absolute Gasteiger partial charge is 0.383 e. The summed E-state index contributed by atoms with van der Waals surface area (Å²) in [6.07, 6.45) is 0. The Labute approximate surface area is 118 Å². The van der Waals surface area contributed by atoms with Crippen molar-refractivity contribution in [2.45, 2.75) is 26.4 Å². The van der Waals surface area contributed by atoms with Crippen LogP contribution >= 0.6 is 11.6 Å². The van der Waals surface area contributed by atoms with Crippen LogP contribution < -0.4 is 5.32 Å². The monoisotopic (exact) mass is 286 g/mol. The number of nitrogens with one attached hydrogen (secondary N) is 1. The van der Waals surface area contributed by atoms with Crippen LogP contribution in [0.5, 0.6) is 0 Å². The molecule has 0 fully saturated rings. The molecule has 0 amide bonds. The van der Waals surface area contributed by atoms with Gasteiger partial charge in [0.15, 0.2) is 0 Å². The quantitative estimate of drug-likeness (QED) is 0.618. The molecule has 0 bridgehead atoms. The zero-order chi connectivity index (χ0) is 14.4. The van der Waals surface area contributed by atoms with Crippen LogP contribution in [0.3, 0.4) is 0 Å². The highest BCUT2D eigenvalue weighted by molar-refractivity contribution is 6.32. The smallest absolute Gasteiger partial charge is 0.287 e. The molecule has 6 heteroatoms. The molecule has 1 N–H and O–H groups in total. The van der Waals surface area contributed by atoms with Crippen molar-refractivity contribution in [3.8, 4) is 0 Å². The molecule has 0 aromatic heterocycles. The van der Waals surface area contributed by atoms with E-state index in [1.807, 2.05) is 0 Å². The number of nitro benzene ring substituents is 1. The Balaban J connectivity index is 2.67. The third-order valence-electron chi connectivity index (χ3n) is 2.93. The Hall–Kier alpha value is -1.17. The van der Waals surface area contributed by atoms with E-state index in [9.17, 15) is 10.1 Å². The summed E-state index contributed by atoms with van der Waals surface area (Å²) in [5.74, 6) is 0.438. The van der Waals surface area contributed by atoms with Gasteiger partial charge in [0.1, 0.15) is 5.02 Å². The van der Waals surface area contributed by atoms with Crippen molar-refractivity contribution in [1.82, 2.24) is 5.32 Å². The van der Waals surface area contributed by atoms with Gasteiger partial charge in [-0.2, -0.15) is 0 Å². The van der Waals surface area contributed by atoms with Crippen LogP contribution in [0.15, 0.2) is 18.2 Å². The van der Waals surface area contributed by atoms with Gasteiger partial charge in [0.25, 0.3) is 5.69 Å². The Morgan fingerprint density at radius 3 is 2.63 bits per heavy atom. The Kier molecular flexibility index (Phi) is 6.21. The zero-order valence-corrected chi connectivity index (χ0v) is 12.1. The van der Waals surface area contributed by atoms with Crippen LogP contribution in [-0.4, -0.2) is 24.7 Å². The summed E-state index contributed by atoms with van der Waals surface area (Å²) < 4.78 is 5.15. The van der Waals surface area contributed by atoms with Crippen LogP contribution in [0.4, 0.5) is 5.69 Å². The molecule has 1 aromatic rings. The molecule has 0 saturated carbocycles. The molecule has 1 atom stereocenters. The van der Waals surface area contributed by atoms with E-state index in [1.54, 1.807) is 19.2 Å². The van der Waals surface area contributed by atoms with E-state index in [1.165, 1.54) is 6.07 Å². The number of hydrogen-bond acceptors (Lipinski definition) is 4. The predicted molar refractivity (Wildman–Crippen MR) is 75.4 cm³/mol. The molecule has 0 unspecified atom stereocenters. The van der Waals surface area contributed by atoms with Gasteiger partial charge in [0, 0.05) is 25.8 Å². The standard InChI is InChI=1S/C13H19ClN2O3/c1-9(2)12(8-19-3)15-7-10-4-5-13(16(17)18)11(14)6-10/h4-6,9,12,15H,7-8H2,1-3H3/t12-/m0/s1. The predicted octanol–water partition coefficient (Wildman–Crippen LogP) is 3.01. The highest BCUT2D eigenvalue weighted by atomic mass is 35.5. The third-order valence-corrected chi connectivity index (χ3v) is 3.23. The summed E-state index contributed by atoms with van der Waals surface area (Å²) in [4.78, 5) is 10.2. The van der Waals surface area contributed by atoms with E-state index in [-0.39, 0.29) is 16.8 Å². The first-order valence-corrected chi connectivity index (χ1v) is 6.48. The summed E-state index contributed by atoms with van der Waals surface area (Å²) in [5, 5.41) is 14.2. The molecular formula is C13H19ClN2O3. The molecule has 5 nitrogen and oxygen atoms in total. The van der Waals surface area contributed by atoms with Gasteiger partial charge < -0.3 is 10.1 Å². The highest BCUT2D eigenvalue weighted by Gasteiger charge is 2.14. The van der Waals surface area contributed by atoms with Crippen molar-refractivity contribution in [3.63, 3.8) is 0 Å². The second-order valence-corrected chi connectivity index (χ2v) is 5.14. The fraction of sp³-hybridized carbons (Fsp3) is 0.538. The number of ether oxygens (including phenoxy) is 1. The molecule has 1 rings (SSSR count). The van der Waals surface area contributed by atoms with Crippen molar-refractivity contribution in [1.29, 1.82) is 0 Å². The molecule has 0 aliphatic carbocycles. The lowest BCUT2D eigenvalue weighted by Crippen LogP contribution is -2.37. The van der Waals surface area contributed by atoms with E-state index >= 15 is 0 Å². The summed E-state index contributed by atoms with van der Waals surface area (Å²) in [5.41, 5.74) is 0.847. The minimum absolute atomic E-state index is 0.0669. The summed E-state index contributed by atoms with van der Waals surface area (Å²) >= 11 is 5.87. The maximum absolute atomic E-state index is 10.7. The maximum atomic E-state index is 10.7. The summed E-state index contributed by atoms with van der Waals surface area (Å²) in [6.45, 7) is 5.45. The van der Waals surface area contributed by atoms with Crippen molar-refractivity contribution in [3.05, 3.63) is 38.9 Å². The lowest BCUT2D eigenvalue weighted by atomic mass is 10.0. The third kappa shape index (κ3) is 4.78. The molecule has 0 radical (unpaired) electrons. The van der Waals surface area contributed by atoms with Crippen LogP contribution in [0, 0.1) is 16.0 Å². The van der Waals surface area contributed by atoms with Crippen molar-refractivity contribution in [2.75, 3.05) is 13.7 Å². The second-order valence-electron chi connectivity index (χ2n) is 4.73. The zero-order valence-electron chi connectivity index (χ0n) is 11.4. The van der Waals surface area contributed by atoms with Gasteiger partial charge in [-0.15, -0.1) is 0 Å². The first-order valence-electron chi connectivity index (χ1n) is 6.10. The van der Waals surface area contributed by atoms with Crippen molar-refractivity contribution < 1.29 is 9.66 Å². The van der Waals surface area contributed by atoms with Crippen LogP contribution in [0.25, 0.3) is 0 Å². The number of rotatable bonds is 7. The molecule has 0 aliphatic rings. The normalized spacial score (nSPS) is 12.7. The molecule has 0 aliphatic heterocycles. The topological polar surface area (TPSA) is 64.4 Å². The first-order chi connectivity index (χ1) is 8.95. The minimum Gasteiger partial charge on any atom is -0.383 e. The Bertz CT molecular complexity index is 438. The van der Waals surface area contributed by atoms with Gasteiger partial charge in [-0.25, -0.2) is 0 Å². The van der Waals surface area contributed by atoms with E-state index in [2.05, 4.69) is 19.2 Å². The average molecular weight is 287 g/mol. The van der Waals surface area contributed by atoms with Crippen molar-refractivity contribution in [2.24, 2.45) is 5.92 Å². The fourth-order valence-corrected chi connectivity index (χ4v) is 2.00. The SMILES string of the molecule is COC[C@H](NCc1ccc([N+](=O)[O-])c(Cl)c1)C(C)C. The highest BCUT2D eigenvalue weighted by Crippen LogP contribution is 2.24. The minimum atomic E-state index is -0.485. The molecule has 106 valence electrons. The number of hydrogen-bond donors (Lipinski definition) is 1. The van der Waals surface area contributed by atoms with E-state index < -0.39 is 4.92 Å². The number of nitrogens with zero attached hydrogens (tertiary/aromatic N) is 1. The maximum Gasteiger partial charge on any atom is 0.287 e. The van der Waals surface area contributed by atoms with Crippen LogP contribution in [0.1, 0.15) is 19.4 Å². The lowest BCUT2D eigenvalue weighted by Gasteiger charge is -2.21. The van der Waals surface area contributed by atoms with Gasteiger partial charge in [-0.3, -0.25) is 10.1 Å². The summed E-state index contributed by atoms with van der Waals surface area (Å²) in [6, 6.07) is 5.00. The summed E-state index contributed by atoms with van der Waals surface area (Å²) in [7, 11) is 1.67. The molecule has 0 heterocycles. The number of methoxy groups -OCH3 is 1. The molecule has 0 saturated heterocycles. The molecule has 1 aromatic carbocycles. The average Bonchev–Trinajstić information content (AvgIpc) is 2.33. The van der Waals surface area contributed by atoms with Gasteiger partial charge in [-0.05, 0) is 17.5 Å². The van der Waals surface area contributed by atoms with E-state index in [4.69, 9.17) is 16.3 Å². The van der Waals surface area contributed by atoms with Gasteiger partial charge in [0.2, 0.25) is 0 Å². The van der Waals surface area contributed by atoms with E-state index in [0.717, 1.165) is 5.56 Å².